The minimum atomic E-state index is -2.87. The molecule has 21 heavy (non-hydrogen) atoms. The molecule has 0 spiro atoms. The van der Waals surface area contributed by atoms with Gasteiger partial charge in [0.25, 0.3) is 0 Å². The van der Waals surface area contributed by atoms with Crippen molar-refractivity contribution in [1.82, 2.24) is 5.32 Å². The molecule has 1 amide bonds. The lowest BCUT2D eigenvalue weighted by molar-refractivity contribution is -0.116. The average Bonchev–Trinajstić information content (AvgIpc) is 2.39. The highest BCUT2D eigenvalue weighted by Gasteiger charge is 2.16. The number of ether oxygens (including phenoxy) is 1. The summed E-state index contributed by atoms with van der Waals surface area (Å²) in [5, 5.41) is 5.96. The molecule has 2 rings (SSSR count). The van der Waals surface area contributed by atoms with E-state index in [1.807, 2.05) is 11.8 Å². The summed E-state index contributed by atoms with van der Waals surface area (Å²) in [6, 6.07) is 6.16. The molecule has 0 saturated carbocycles. The van der Waals surface area contributed by atoms with Gasteiger partial charge in [0.2, 0.25) is 5.91 Å². The largest absolute Gasteiger partial charge is 0.435 e. The Kier molecular flexibility index (Phi) is 7.77. The van der Waals surface area contributed by atoms with E-state index < -0.39 is 6.61 Å². The zero-order chi connectivity index (χ0) is 14.4. The summed E-state index contributed by atoms with van der Waals surface area (Å²) in [4.78, 5) is 11.9. The van der Waals surface area contributed by atoms with Crippen molar-refractivity contribution in [2.24, 2.45) is 0 Å². The molecule has 4 nitrogen and oxygen atoms in total. The normalized spacial score (nSPS) is 18.0. The van der Waals surface area contributed by atoms with Crippen LogP contribution in [0.5, 0.6) is 5.75 Å². The first-order valence-electron chi connectivity index (χ1n) is 6.29. The molecule has 0 radical (unpaired) electrons. The molecule has 1 aliphatic heterocycles. The quantitative estimate of drug-likeness (QED) is 0.866. The van der Waals surface area contributed by atoms with Crippen LogP contribution in [0.25, 0.3) is 0 Å². The Morgan fingerprint density at radius 3 is 3.00 bits per heavy atom. The van der Waals surface area contributed by atoms with Crippen molar-refractivity contribution in [2.75, 3.05) is 23.4 Å². The molecule has 0 aliphatic carbocycles. The third-order valence-corrected chi connectivity index (χ3v) is 3.90. The number of benzene rings is 1. The minimum absolute atomic E-state index is 0. The van der Waals surface area contributed by atoms with Gasteiger partial charge in [-0.2, -0.15) is 20.5 Å². The summed E-state index contributed by atoms with van der Waals surface area (Å²) >= 11 is 1.81. The van der Waals surface area contributed by atoms with E-state index >= 15 is 0 Å². The maximum absolute atomic E-state index is 12.1. The fourth-order valence-electron chi connectivity index (χ4n) is 1.94. The molecule has 2 N–H and O–H groups in total. The van der Waals surface area contributed by atoms with Gasteiger partial charge in [-0.1, -0.05) is 6.07 Å². The van der Waals surface area contributed by atoms with Crippen molar-refractivity contribution in [3.8, 4) is 5.75 Å². The van der Waals surface area contributed by atoms with Crippen LogP contribution < -0.4 is 15.4 Å². The Balaban J connectivity index is 0.00000220. The van der Waals surface area contributed by atoms with Crippen LogP contribution >= 0.6 is 24.2 Å². The van der Waals surface area contributed by atoms with Gasteiger partial charge in [-0.15, -0.1) is 12.4 Å². The third-order valence-electron chi connectivity index (χ3n) is 2.77. The second-order valence-corrected chi connectivity index (χ2v) is 5.53. The number of rotatable bonds is 5. The number of halogens is 3. The topological polar surface area (TPSA) is 50.4 Å². The summed E-state index contributed by atoms with van der Waals surface area (Å²) in [6.07, 6.45) is 0.368. The monoisotopic (exact) mass is 338 g/mol. The van der Waals surface area contributed by atoms with E-state index in [4.69, 9.17) is 0 Å². The highest BCUT2D eigenvalue weighted by Crippen LogP contribution is 2.20. The van der Waals surface area contributed by atoms with E-state index in [0.29, 0.717) is 12.1 Å². The van der Waals surface area contributed by atoms with Gasteiger partial charge in [0, 0.05) is 42.3 Å². The van der Waals surface area contributed by atoms with Gasteiger partial charge in [0.05, 0.1) is 0 Å². The molecule has 1 aromatic rings. The summed E-state index contributed by atoms with van der Waals surface area (Å²) < 4.78 is 28.5. The van der Waals surface area contributed by atoms with Gasteiger partial charge in [0.15, 0.2) is 0 Å². The fraction of sp³-hybridized carbons (Fsp3) is 0.462. The maximum Gasteiger partial charge on any atom is 0.387 e. The fourth-order valence-corrected chi connectivity index (χ4v) is 2.89. The van der Waals surface area contributed by atoms with Gasteiger partial charge in [-0.3, -0.25) is 4.79 Å². The van der Waals surface area contributed by atoms with Gasteiger partial charge in [0.1, 0.15) is 5.75 Å². The van der Waals surface area contributed by atoms with Crippen LogP contribution in [0.4, 0.5) is 14.5 Å². The summed E-state index contributed by atoms with van der Waals surface area (Å²) in [5.41, 5.74) is 0.455. The third kappa shape index (κ3) is 6.50. The van der Waals surface area contributed by atoms with Crippen LogP contribution in [0.1, 0.15) is 6.42 Å². The molecule has 0 aromatic heterocycles. The lowest BCUT2D eigenvalue weighted by atomic mass is 10.2. The Morgan fingerprint density at radius 2 is 2.33 bits per heavy atom. The van der Waals surface area contributed by atoms with Crippen LogP contribution in [0.15, 0.2) is 24.3 Å². The van der Waals surface area contributed by atoms with E-state index in [1.165, 1.54) is 12.1 Å². The standard InChI is InChI=1S/C13H16F2N2O2S.ClH/c14-13(15)19-11-3-1-2-9(6-11)17-12(18)7-10-8-20-5-4-16-10;/h1-3,6,10,13,16H,4-5,7-8H2,(H,17,18);1H. The van der Waals surface area contributed by atoms with Crippen molar-refractivity contribution >= 4 is 35.8 Å². The number of nitrogens with one attached hydrogen (secondary N) is 2. The van der Waals surface area contributed by atoms with Crippen LogP contribution in [0.3, 0.4) is 0 Å². The second kappa shape index (κ2) is 9.07. The lowest BCUT2D eigenvalue weighted by Crippen LogP contribution is -2.39. The van der Waals surface area contributed by atoms with Crippen molar-refractivity contribution < 1.29 is 18.3 Å². The Morgan fingerprint density at radius 1 is 1.52 bits per heavy atom. The first-order valence-corrected chi connectivity index (χ1v) is 7.45. The molecule has 0 bridgehead atoms. The summed E-state index contributed by atoms with van der Waals surface area (Å²) in [6.45, 7) is -1.97. The highest BCUT2D eigenvalue weighted by molar-refractivity contribution is 7.99. The van der Waals surface area contributed by atoms with Crippen LogP contribution in [-0.2, 0) is 4.79 Å². The minimum Gasteiger partial charge on any atom is -0.435 e. The molecule has 1 aliphatic rings. The van der Waals surface area contributed by atoms with Gasteiger partial charge in [-0.25, -0.2) is 0 Å². The maximum atomic E-state index is 12.1. The van der Waals surface area contributed by atoms with E-state index in [9.17, 15) is 13.6 Å². The van der Waals surface area contributed by atoms with Gasteiger partial charge < -0.3 is 15.4 Å². The number of alkyl halides is 2. The zero-order valence-corrected chi connectivity index (χ0v) is 12.8. The number of hydrogen-bond acceptors (Lipinski definition) is 4. The van der Waals surface area contributed by atoms with Crippen molar-refractivity contribution in [2.45, 2.75) is 19.1 Å². The number of anilines is 1. The molecule has 1 fully saturated rings. The molecular formula is C13H17ClF2N2O2S. The highest BCUT2D eigenvalue weighted by atomic mass is 35.5. The van der Waals surface area contributed by atoms with Crippen molar-refractivity contribution in [3.05, 3.63) is 24.3 Å². The second-order valence-electron chi connectivity index (χ2n) is 4.38. The number of amides is 1. The van der Waals surface area contributed by atoms with E-state index in [1.54, 1.807) is 12.1 Å². The number of carbonyl (C=O) groups is 1. The van der Waals surface area contributed by atoms with Crippen LogP contribution in [0.2, 0.25) is 0 Å². The molecular weight excluding hydrogens is 322 g/mol. The van der Waals surface area contributed by atoms with Crippen LogP contribution in [0, 0.1) is 0 Å². The number of carbonyl (C=O) groups excluding carboxylic acids is 1. The average molecular weight is 339 g/mol. The van der Waals surface area contributed by atoms with E-state index in [-0.39, 0.29) is 30.1 Å². The van der Waals surface area contributed by atoms with Crippen molar-refractivity contribution in [1.29, 1.82) is 0 Å². The zero-order valence-electron chi connectivity index (χ0n) is 11.2. The first kappa shape index (κ1) is 18.0. The molecule has 1 unspecified atom stereocenters. The molecule has 1 aromatic carbocycles. The molecule has 1 atom stereocenters. The Hall–Kier alpha value is -1.05. The first-order chi connectivity index (χ1) is 9.63. The van der Waals surface area contributed by atoms with Gasteiger partial charge >= 0.3 is 6.61 Å². The Bertz CT molecular complexity index is 460. The molecule has 8 heteroatoms. The van der Waals surface area contributed by atoms with Crippen LogP contribution in [-0.4, -0.2) is 36.6 Å². The number of thioether (sulfide) groups is 1. The summed E-state index contributed by atoms with van der Waals surface area (Å²) in [5.74, 6) is 1.86. The Labute approximate surface area is 132 Å². The number of hydrogen-bond donors (Lipinski definition) is 2. The molecule has 1 heterocycles. The smallest absolute Gasteiger partial charge is 0.387 e. The van der Waals surface area contributed by atoms with E-state index in [2.05, 4.69) is 15.4 Å². The predicted octanol–water partition coefficient (Wildman–Crippen LogP) is 2.74. The SMILES string of the molecule is Cl.O=C(CC1CSCCN1)Nc1cccc(OC(F)F)c1. The molecule has 118 valence electrons. The molecule has 1 saturated heterocycles. The van der Waals surface area contributed by atoms with Crippen molar-refractivity contribution in [3.63, 3.8) is 0 Å². The van der Waals surface area contributed by atoms with E-state index in [0.717, 1.165) is 18.1 Å². The predicted molar refractivity (Wildman–Crippen MR) is 82.7 cm³/mol. The van der Waals surface area contributed by atoms with Gasteiger partial charge in [-0.05, 0) is 12.1 Å². The lowest BCUT2D eigenvalue weighted by Gasteiger charge is -2.22. The summed E-state index contributed by atoms with van der Waals surface area (Å²) in [7, 11) is 0.